The highest BCUT2D eigenvalue weighted by molar-refractivity contribution is 5.84. The molecule has 0 amide bonds. The van der Waals surface area contributed by atoms with Gasteiger partial charge in [0.2, 0.25) is 0 Å². The van der Waals surface area contributed by atoms with Crippen LogP contribution >= 0.6 is 0 Å². The molecule has 0 radical (unpaired) electrons. The third-order valence-electron chi connectivity index (χ3n) is 1.87. The highest BCUT2D eigenvalue weighted by Gasteiger charge is 2.02. The normalized spacial score (nSPS) is 17.6. The lowest BCUT2D eigenvalue weighted by molar-refractivity contribution is 0.476. The number of nitrogens with one attached hydrogen (secondary N) is 1. The molecule has 0 aliphatic heterocycles. The van der Waals surface area contributed by atoms with E-state index >= 15 is 0 Å². The maximum Gasteiger partial charge on any atom is 0.116 e. The number of fused-ring (bicyclic) bond motifs is 1. The molecule has 0 aliphatic rings. The molecule has 0 aliphatic carbocycles. The molecule has 3 nitrogen and oxygen atoms in total. The molecule has 0 unspecified atom stereocenters. The van der Waals surface area contributed by atoms with Crippen molar-refractivity contribution in [2.45, 2.75) is 6.37 Å². The van der Waals surface area contributed by atoms with Gasteiger partial charge in [-0.3, -0.25) is 0 Å². The summed E-state index contributed by atoms with van der Waals surface area (Å²) in [6.45, 7) is -2.51. The Bertz CT molecular complexity index is 559. The third-order valence-corrected chi connectivity index (χ3v) is 1.87. The van der Waals surface area contributed by atoms with Gasteiger partial charge in [0, 0.05) is 22.6 Å². The lowest BCUT2D eigenvalue weighted by atomic mass is 10.1. The van der Waals surface area contributed by atoms with Crippen LogP contribution in [-0.2, 0) is 6.37 Å². The van der Waals surface area contributed by atoms with Crippen LogP contribution in [0.5, 0.6) is 5.75 Å². The summed E-state index contributed by atoms with van der Waals surface area (Å²) < 4.78 is 30.2. The zero-order chi connectivity index (χ0) is 12.8. The van der Waals surface area contributed by atoms with Crippen LogP contribution in [0.2, 0.25) is 0 Å². The summed E-state index contributed by atoms with van der Waals surface area (Å²) in [5, 5.41) is 9.80. The molecular weight excluding hydrogens is 165 g/mol. The molecule has 13 heavy (non-hydrogen) atoms. The molecule has 0 bridgehead atoms. The van der Waals surface area contributed by atoms with E-state index in [9.17, 15) is 5.11 Å². The molecule has 0 saturated heterocycles. The molecule has 2 aromatic rings. The van der Waals surface area contributed by atoms with Crippen LogP contribution in [0.25, 0.3) is 10.9 Å². The van der Waals surface area contributed by atoms with Crippen molar-refractivity contribution in [3.63, 3.8) is 0 Å². The molecular formula is C10H12N2O. The maximum atomic E-state index is 9.38. The first-order chi connectivity index (χ1) is 7.73. The third kappa shape index (κ3) is 1.38. The first-order valence-electron chi connectivity index (χ1n) is 5.83. The van der Waals surface area contributed by atoms with Gasteiger partial charge < -0.3 is 15.8 Å². The topological polar surface area (TPSA) is 62.0 Å². The monoisotopic (exact) mass is 181 g/mol. The number of aromatic nitrogens is 1. The van der Waals surface area contributed by atoms with Crippen molar-refractivity contribution < 1.29 is 10.6 Å². The molecule has 1 heterocycles. The Morgan fingerprint density at radius 3 is 3.15 bits per heavy atom. The summed E-state index contributed by atoms with van der Waals surface area (Å²) in [6, 6.07) is 4.44. The van der Waals surface area contributed by atoms with E-state index in [2.05, 4.69) is 4.98 Å². The molecule has 0 atom stereocenters. The van der Waals surface area contributed by atoms with Gasteiger partial charge in [-0.1, -0.05) is 0 Å². The Kier molecular flexibility index (Phi) is 1.12. The minimum absolute atomic E-state index is 0.00765. The zero-order valence-electron chi connectivity index (χ0n) is 10.8. The van der Waals surface area contributed by atoms with Crippen LogP contribution in [0, 0.1) is 0 Å². The van der Waals surface area contributed by atoms with E-state index in [4.69, 9.17) is 11.2 Å². The van der Waals surface area contributed by atoms with Gasteiger partial charge in [0.1, 0.15) is 5.75 Å². The van der Waals surface area contributed by atoms with Gasteiger partial charge in [-0.2, -0.15) is 0 Å². The lowest BCUT2D eigenvalue weighted by Crippen LogP contribution is -2.01. The van der Waals surface area contributed by atoms with Gasteiger partial charge in [0.05, 0.1) is 0 Å². The maximum absolute atomic E-state index is 9.38. The number of aromatic amines is 1. The molecule has 1 aromatic carbocycles. The zero-order valence-corrected chi connectivity index (χ0v) is 6.83. The van der Waals surface area contributed by atoms with Gasteiger partial charge in [-0.05, 0) is 36.6 Å². The Morgan fingerprint density at radius 2 is 2.38 bits per heavy atom. The van der Waals surface area contributed by atoms with E-state index in [0.29, 0.717) is 10.9 Å². The highest BCUT2D eigenvalue weighted by Crippen LogP contribution is 2.22. The summed E-state index contributed by atoms with van der Waals surface area (Å²) in [5.74, 6) is -0.00765. The molecule has 0 fully saturated rings. The quantitative estimate of drug-likeness (QED) is 0.613. The second-order valence-corrected chi connectivity index (χ2v) is 2.70. The minimum Gasteiger partial charge on any atom is -0.508 e. The van der Waals surface area contributed by atoms with Crippen molar-refractivity contribution in [3.8, 4) is 5.75 Å². The lowest BCUT2D eigenvalue weighted by Gasteiger charge is -1.96. The van der Waals surface area contributed by atoms with Crippen molar-refractivity contribution in [3.05, 3.63) is 30.0 Å². The van der Waals surface area contributed by atoms with E-state index in [-0.39, 0.29) is 11.3 Å². The number of H-pyrrole nitrogens is 1. The molecule has 68 valence electrons. The van der Waals surface area contributed by atoms with E-state index in [0.717, 1.165) is 0 Å². The molecule has 0 saturated carbocycles. The van der Waals surface area contributed by atoms with Crippen LogP contribution in [-0.4, -0.2) is 16.6 Å². The van der Waals surface area contributed by atoms with E-state index in [1.165, 1.54) is 18.3 Å². The van der Waals surface area contributed by atoms with E-state index in [1.54, 1.807) is 6.07 Å². The second kappa shape index (κ2) is 3.11. The molecule has 1 aromatic heterocycles. The predicted octanol–water partition coefficient (Wildman–Crippen LogP) is 1.37. The first kappa shape index (κ1) is 4.67. The first-order valence-corrected chi connectivity index (χ1v) is 3.83. The summed E-state index contributed by atoms with van der Waals surface area (Å²) in [5.41, 5.74) is 5.93. The molecule has 3 heteroatoms. The van der Waals surface area contributed by atoms with E-state index in [1.807, 2.05) is 0 Å². The predicted molar refractivity (Wildman–Crippen MR) is 52.7 cm³/mol. The Hall–Kier alpha value is -1.48. The fourth-order valence-corrected chi connectivity index (χ4v) is 1.29. The van der Waals surface area contributed by atoms with Crippen molar-refractivity contribution in [1.82, 2.24) is 4.98 Å². The van der Waals surface area contributed by atoms with Crippen LogP contribution in [0.1, 0.15) is 11.0 Å². The Morgan fingerprint density at radius 1 is 1.54 bits per heavy atom. The fraction of sp³-hybridized carbons (Fsp3) is 0.200. The largest absolute Gasteiger partial charge is 0.508 e. The van der Waals surface area contributed by atoms with Crippen LogP contribution in [0.15, 0.2) is 24.4 Å². The second-order valence-electron chi connectivity index (χ2n) is 2.70. The fourth-order valence-electron chi connectivity index (χ4n) is 1.29. The van der Waals surface area contributed by atoms with Gasteiger partial charge >= 0.3 is 0 Å². The number of phenolic OH excluding ortho intramolecular Hbond substituents is 1. The Balaban J connectivity index is 2.68. The number of benzene rings is 1. The van der Waals surface area contributed by atoms with E-state index < -0.39 is 12.9 Å². The number of hydrogen-bond acceptors (Lipinski definition) is 2. The highest BCUT2D eigenvalue weighted by atomic mass is 16.3. The van der Waals surface area contributed by atoms with Gasteiger partial charge in [-0.25, -0.2) is 0 Å². The SMILES string of the molecule is [2H]C([2H])(c1c[nH]c2ccc(O)cc12)[13C]([2H])([2H])N. The average Bonchev–Trinajstić information content (AvgIpc) is 2.58. The summed E-state index contributed by atoms with van der Waals surface area (Å²) in [4.78, 5) is 2.82. The molecule has 4 N–H and O–H groups in total. The summed E-state index contributed by atoms with van der Waals surface area (Å²) in [6.07, 6.45) is -0.978. The average molecular weight is 181 g/mol. The smallest absolute Gasteiger partial charge is 0.116 e. The number of aromatic hydroxyl groups is 1. The molecule has 0 spiro atoms. The van der Waals surface area contributed by atoms with Crippen molar-refractivity contribution in [2.24, 2.45) is 5.73 Å². The number of phenols is 1. The van der Waals surface area contributed by atoms with Crippen LogP contribution in [0.3, 0.4) is 0 Å². The summed E-state index contributed by atoms with van der Waals surface area (Å²) >= 11 is 0. The summed E-state index contributed by atoms with van der Waals surface area (Å²) in [7, 11) is 0. The van der Waals surface area contributed by atoms with Crippen LogP contribution < -0.4 is 5.73 Å². The standard InChI is InChI=1S/C10H12N2O/c11-4-3-7-6-12-10-2-1-8(13)5-9(7)10/h1-2,5-6,12-13H,3-4,11H2/i3D2,4+1D2. The van der Waals surface area contributed by atoms with Gasteiger partial charge in [0.25, 0.3) is 0 Å². The van der Waals surface area contributed by atoms with Gasteiger partial charge in [0.15, 0.2) is 0 Å². The molecule has 2 rings (SSSR count). The van der Waals surface area contributed by atoms with Crippen molar-refractivity contribution >= 4 is 10.9 Å². The number of nitrogens with two attached hydrogens (primary N) is 1. The van der Waals surface area contributed by atoms with Gasteiger partial charge in [-0.15, -0.1) is 0 Å². The minimum atomic E-state index is -2.51. The number of aryl methyl sites for hydroxylation is 1. The van der Waals surface area contributed by atoms with Crippen molar-refractivity contribution in [1.29, 1.82) is 0 Å². The Labute approximate surface area is 81.8 Å². The number of rotatable bonds is 2. The van der Waals surface area contributed by atoms with Crippen molar-refractivity contribution in [2.75, 3.05) is 6.50 Å². The van der Waals surface area contributed by atoms with Crippen LogP contribution in [0.4, 0.5) is 0 Å². The number of hydrogen-bond donors (Lipinski definition) is 3.